The van der Waals surface area contributed by atoms with Crippen molar-refractivity contribution in [2.24, 2.45) is 5.92 Å². The monoisotopic (exact) mass is 212 g/mol. The molecule has 2 fully saturated rings. The maximum atomic E-state index is 8.97. The van der Waals surface area contributed by atoms with E-state index < -0.39 is 0 Å². The molecular weight excluding hydrogens is 188 g/mol. The van der Waals surface area contributed by atoms with E-state index in [-0.39, 0.29) is 0 Å². The average molecular weight is 212 g/mol. The van der Waals surface area contributed by atoms with Gasteiger partial charge in [-0.3, -0.25) is 4.90 Å². The number of nitrogens with zero attached hydrogens (tertiary/aromatic N) is 1. The lowest BCUT2D eigenvalue weighted by Gasteiger charge is -2.27. The number of aliphatic hydroxyl groups excluding tert-OH is 1. The summed E-state index contributed by atoms with van der Waals surface area (Å²) in [6.07, 6.45) is 6.54. The van der Waals surface area contributed by atoms with E-state index in [1.54, 1.807) is 0 Å². The molecule has 1 atom stereocenters. The van der Waals surface area contributed by atoms with E-state index in [1.807, 2.05) is 7.05 Å². The Balaban J connectivity index is 1.75. The van der Waals surface area contributed by atoms with Gasteiger partial charge in [0.15, 0.2) is 0 Å². The Hall–Kier alpha value is -0.120. The van der Waals surface area contributed by atoms with E-state index in [9.17, 15) is 0 Å². The van der Waals surface area contributed by atoms with Crippen molar-refractivity contribution in [1.29, 1.82) is 0 Å². The zero-order valence-corrected chi connectivity index (χ0v) is 9.78. The summed E-state index contributed by atoms with van der Waals surface area (Å²) >= 11 is 0. The van der Waals surface area contributed by atoms with Crippen LogP contribution in [0.5, 0.6) is 0 Å². The molecule has 2 N–H and O–H groups in total. The lowest BCUT2D eigenvalue weighted by Crippen LogP contribution is -2.42. The molecule has 2 rings (SSSR count). The third-order valence-corrected chi connectivity index (χ3v) is 3.59. The van der Waals surface area contributed by atoms with E-state index >= 15 is 0 Å². The number of likely N-dealkylation sites (N-methyl/N-ethyl adjacent to an activating group) is 1. The molecule has 2 aliphatic carbocycles. The smallest absolute Gasteiger partial charge is 0.0446 e. The van der Waals surface area contributed by atoms with Gasteiger partial charge in [-0.1, -0.05) is 0 Å². The van der Waals surface area contributed by atoms with Crippen LogP contribution in [0.15, 0.2) is 0 Å². The predicted molar refractivity (Wildman–Crippen MR) is 61.9 cm³/mol. The number of nitrogens with one attached hydrogen (secondary N) is 1. The van der Waals surface area contributed by atoms with Crippen LogP contribution in [0, 0.1) is 5.92 Å². The van der Waals surface area contributed by atoms with E-state index in [1.165, 1.54) is 32.2 Å². The Kier molecular flexibility index (Phi) is 4.00. The topological polar surface area (TPSA) is 35.5 Å². The fourth-order valence-electron chi connectivity index (χ4n) is 2.21. The van der Waals surface area contributed by atoms with Gasteiger partial charge in [0.05, 0.1) is 0 Å². The molecule has 0 aliphatic heterocycles. The molecule has 0 amide bonds. The molecule has 15 heavy (non-hydrogen) atoms. The van der Waals surface area contributed by atoms with Gasteiger partial charge < -0.3 is 10.4 Å². The summed E-state index contributed by atoms with van der Waals surface area (Å²) in [7, 11) is 2.00. The van der Waals surface area contributed by atoms with Crippen molar-refractivity contribution in [1.82, 2.24) is 10.2 Å². The molecule has 0 saturated heterocycles. The summed E-state index contributed by atoms with van der Waals surface area (Å²) in [5.41, 5.74) is 0. The van der Waals surface area contributed by atoms with Gasteiger partial charge in [-0.15, -0.1) is 0 Å². The van der Waals surface area contributed by atoms with Crippen LogP contribution in [0.3, 0.4) is 0 Å². The molecule has 0 aromatic carbocycles. The third-order valence-electron chi connectivity index (χ3n) is 3.59. The third kappa shape index (κ3) is 3.74. The standard InChI is InChI=1S/C12H24N2O/c1-13-11(6-7-15)9-14(12-4-5-12)8-10-2-3-10/h10-13,15H,2-9H2,1H3. The first-order chi connectivity index (χ1) is 7.33. The van der Waals surface area contributed by atoms with Crippen molar-refractivity contribution in [2.75, 3.05) is 26.7 Å². The Morgan fingerprint density at radius 2 is 2.07 bits per heavy atom. The quantitative estimate of drug-likeness (QED) is 0.625. The number of rotatable bonds is 8. The summed E-state index contributed by atoms with van der Waals surface area (Å²) in [5, 5.41) is 12.3. The second kappa shape index (κ2) is 5.28. The molecule has 2 aliphatic rings. The second-order valence-electron chi connectivity index (χ2n) is 5.13. The largest absolute Gasteiger partial charge is 0.396 e. The fourth-order valence-corrected chi connectivity index (χ4v) is 2.21. The maximum Gasteiger partial charge on any atom is 0.0446 e. The second-order valence-corrected chi connectivity index (χ2v) is 5.13. The van der Waals surface area contributed by atoms with Crippen molar-refractivity contribution in [3.63, 3.8) is 0 Å². The zero-order chi connectivity index (χ0) is 10.7. The summed E-state index contributed by atoms with van der Waals surface area (Å²) in [6.45, 7) is 2.72. The van der Waals surface area contributed by atoms with Crippen molar-refractivity contribution < 1.29 is 5.11 Å². The van der Waals surface area contributed by atoms with Crippen LogP contribution in [0.2, 0.25) is 0 Å². The highest BCUT2D eigenvalue weighted by Gasteiger charge is 2.34. The molecule has 0 heterocycles. The van der Waals surface area contributed by atoms with Gasteiger partial charge in [0.2, 0.25) is 0 Å². The van der Waals surface area contributed by atoms with Gasteiger partial charge in [-0.05, 0) is 45.1 Å². The normalized spacial score (nSPS) is 23.4. The van der Waals surface area contributed by atoms with E-state index in [4.69, 9.17) is 5.11 Å². The first kappa shape index (κ1) is 11.4. The molecule has 3 heteroatoms. The minimum Gasteiger partial charge on any atom is -0.396 e. The molecule has 0 radical (unpaired) electrons. The van der Waals surface area contributed by atoms with Crippen molar-refractivity contribution >= 4 is 0 Å². The highest BCUT2D eigenvalue weighted by Crippen LogP contribution is 2.34. The van der Waals surface area contributed by atoms with Crippen LogP contribution in [-0.4, -0.2) is 48.8 Å². The SMILES string of the molecule is CNC(CCO)CN(CC1CC1)C1CC1. The highest BCUT2D eigenvalue weighted by molar-refractivity contribution is 4.90. The number of hydrogen-bond acceptors (Lipinski definition) is 3. The molecule has 0 spiro atoms. The van der Waals surface area contributed by atoms with Gasteiger partial charge >= 0.3 is 0 Å². The van der Waals surface area contributed by atoms with Crippen LogP contribution in [-0.2, 0) is 0 Å². The van der Waals surface area contributed by atoms with Crippen molar-refractivity contribution in [3.05, 3.63) is 0 Å². The maximum absolute atomic E-state index is 8.97. The Labute approximate surface area is 92.8 Å². The Morgan fingerprint density at radius 1 is 1.33 bits per heavy atom. The molecular formula is C12H24N2O. The molecule has 0 aromatic heterocycles. The van der Waals surface area contributed by atoms with E-state index in [2.05, 4.69) is 10.2 Å². The van der Waals surface area contributed by atoms with E-state index in [0.717, 1.165) is 24.9 Å². The minimum atomic E-state index is 0.299. The van der Waals surface area contributed by atoms with Crippen molar-refractivity contribution in [2.45, 2.75) is 44.2 Å². The lowest BCUT2D eigenvalue weighted by atomic mass is 10.2. The number of hydrogen-bond donors (Lipinski definition) is 2. The molecule has 0 bridgehead atoms. The van der Waals surface area contributed by atoms with Gasteiger partial charge in [0, 0.05) is 31.8 Å². The molecule has 3 nitrogen and oxygen atoms in total. The van der Waals surface area contributed by atoms with Gasteiger partial charge in [0.1, 0.15) is 0 Å². The van der Waals surface area contributed by atoms with Crippen LogP contribution in [0.4, 0.5) is 0 Å². The highest BCUT2D eigenvalue weighted by atomic mass is 16.3. The molecule has 2 saturated carbocycles. The summed E-state index contributed by atoms with van der Waals surface area (Å²) in [5.74, 6) is 0.984. The lowest BCUT2D eigenvalue weighted by molar-refractivity contribution is 0.200. The van der Waals surface area contributed by atoms with Gasteiger partial charge in [-0.2, -0.15) is 0 Å². The molecule has 0 aromatic rings. The predicted octanol–water partition coefficient (Wildman–Crippen LogP) is 0.831. The molecule has 88 valence electrons. The zero-order valence-electron chi connectivity index (χ0n) is 9.78. The fraction of sp³-hybridized carbons (Fsp3) is 1.00. The van der Waals surface area contributed by atoms with Crippen molar-refractivity contribution in [3.8, 4) is 0 Å². The average Bonchev–Trinajstić information content (AvgIpc) is 3.07. The molecule has 1 unspecified atom stereocenters. The van der Waals surface area contributed by atoms with Crippen LogP contribution in [0.25, 0.3) is 0 Å². The van der Waals surface area contributed by atoms with Crippen LogP contribution >= 0.6 is 0 Å². The van der Waals surface area contributed by atoms with Crippen LogP contribution < -0.4 is 5.32 Å². The first-order valence-corrected chi connectivity index (χ1v) is 6.35. The number of aliphatic hydroxyl groups is 1. The Bertz CT molecular complexity index is 190. The summed E-state index contributed by atoms with van der Waals surface area (Å²) in [6, 6.07) is 1.33. The minimum absolute atomic E-state index is 0.299. The summed E-state index contributed by atoms with van der Waals surface area (Å²) in [4.78, 5) is 2.65. The van der Waals surface area contributed by atoms with Crippen LogP contribution in [0.1, 0.15) is 32.1 Å². The van der Waals surface area contributed by atoms with Gasteiger partial charge in [-0.25, -0.2) is 0 Å². The summed E-state index contributed by atoms with van der Waals surface area (Å²) < 4.78 is 0. The van der Waals surface area contributed by atoms with Gasteiger partial charge in [0.25, 0.3) is 0 Å². The first-order valence-electron chi connectivity index (χ1n) is 6.35. The van der Waals surface area contributed by atoms with E-state index in [0.29, 0.717) is 12.6 Å². The Morgan fingerprint density at radius 3 is 2.53 bits per heavy atom.